The number of halogens is 1. The lowest BCUT2D eigenvalue weighted by atomic mass is 9.91. The van der Waals surface area contributed by atoms with Gasteiger partial charge in [-0.1, -0.05) is 37.3 Å². The van der Waals surface area contributed by atoms with Crippen molar-refractivity contribution in [1.82, 2.24) is 9.88 Å². The number of hydrogen-bond acceptors (Lipinski definition) is 2. The summed E-state index contributed by atoms with van der Waals surface area (Å²) in [6.07, 6.45) is 4.03. The molecule has 0 fully saturated rings. The molecule has 1 aliphatic rings. The number of fused-ring (bicyclic) bond motifs is 3. The van der Waals surface area contributed by atoms with Gasteiger partial charge in [-0.15, -0.1) is 0 Å². The predicted molar refractivity (Wildman–Crippen MR) is 113 cm³/mol. The number of aromatic nitrogens is 1. The SMILES string of the molecule is CCC(C(=O)O)n1c2c(c3cc(F)ccc31)C[C@@H](NCCc1ccccc1)CC2. The van der Waals surface area contributed by atoms with Gasteiger partial charge < -0.3 is 15.0 Å². The van der Waals surface area contributed by atoms with Crippen LogP contribution in [0.3, 0.4) is 0 Å². The van der Waals surface area contributed by atoms with E-state index >= 15 is 0 Å². The van der Waals surface area contributed by atoms with Gasteiger partial charge in [0, 0.05) is 22.6 Å². The molecule has 4 rings (SSSR count). The van der Waals surface area contributed by atoms with Crippen LogP contribution in [0.15, 0.2) is 48.5 Å². The number of benzene rings is 2. The lowest BCUT2D eigenvalue weighted by molar-refractivity contribution is -0.140. The average molecular weight is 394 g/mol. The van der Waals surface area contributed by atoms with Gasteiger partial charge >= 0.3 is 5.97 Å². The molecule has 0 saturated carbocycles. The Balaban J connectivity index is 1.59. The Morgan fingerprint density at radius 2 is 2.07 bits per heavy atom. The number of aliphatic carboxylic acids is 1. The summed E-state index contributed by atoms with van der Waals surface area (Å²) in [5, 5.41) is 14.2. The van der Waals surface area contributed by atoms with Crippen molar-refractivity contribution in [3.8, 4) is 0 Å². The summed E-state index contributed by atoms with van der Waals surface area (Å²) in [7, 11) is 0. The number of carboxylic acid groups (broad SMARTS) is 1. The van der Waals surface area contributed by atoms with E-state index in [-0.39, 0.29) is 5.82 Å². The molecule has 5 heteroatoms. The van der Waals surface area contributed by atoms with Crippen LogP contribution in [-0.4, -0.2) is 28.2 Å². The van der Waals surface area contributed by atoms with Crippen molar-refractivity contribution in [2.45, 2.75) is 51.1 Å². The molecule has 0 aliphatic heterocycles. The minimum atomic E-state index is -0.834. The molecule has 2 aromatic carbocycles. The summed E-state index contributed by atoms with van der Waals surface area (Å²) in [6.45, 7) is 2.78. The molecule has 0 radical (unpaired) electrons. The first-order valence-electron chi connectivity index (χ1n) is 10.4. The highest BCUT2D eigenvalue weighted by molar-refractivity contribution is 5.88. The minimum Gasteiger partial charge on any atom is -0.480 e. The van der Waals surface area contributed by atoms with E-state index in [0.29, 0.717) is 12.5 Å². The maximum Gasteiger partial charge on any atom is 0.326 e. The van der Waals surface area contributed by atoms with Gasteiger partial charge in [0.05, 0.1) is 0 Å². The van der Waals surface area contributed by atoms with Gasteiger partial charge in [-0.3, -0.25) is 0 Å². The minimum absolute atomic E-state index is 0.278. The Morgan fingerprint density at radius 1 is 1.28 bits per heavy atom. The first kappa shape index (κ1) is 19.6. The quantitative estimate of drug-likeness (QED) is 0.620. The van der Waals surface area contributed by atoms with Crippen LogP contribution < -0.4 is 5.32 Å². The summed E-state index contributed by atoms with van der Waals surface area (Å²) in [5.74, 6) is -1.11. The van der Waals surface area contributed by atoms with E-state index < -0.39 is 12.0 Å². The Bertz CT molecular complexity index is 1010. The first-order valence-corrected chi connectivity index (χ1v) is 10.4. The monoisotopic (exact) mass is 394 g/mol. The van der Waals surface area contributed by atoms with Crippen LogP contribution in [0.5, 0.6) is 0 Å². The molecule has 0 amide bonds. The number of hydrogen-bond donors (Lipinski definition) is 2. The molecule has 4 nitrogen and oxygen atoms in total. The maximum absolute atomic E-state index is 14.0. The van der Waals surface area contributed by atoms with E-state index in [9.17, 15) is 14.3 Å². The largest absolute Gasteiger partial charge is 0.480 e. The third-order valence-corrected chi connectivity index (χ3v) is 6.04. The summed E-state index contributed by atoms with van der Waals surface area (Å²) in [6, 6.07) is 14.8. The average Bonchev–Trinajstić information content (AvgIpc) is 3.02. The van der Waals surface area contributed by atoms with E-state index in [0.717, 1.165) is 54.4 Å². The first-order chi connectivity index (χ1) is 14.1. The predicted octanol–water partition coefficient (Wildman–Crippen LogP) is 4.51. The third kappa shape index (κ3) is 3.92. The molecule has 1 unspecified atom stereocenters. The van der Waals surface area contributed by atoms with Crippen LogP contribution in [-0.2, 0) is 24.1 Å². The summed E-state index contributed by atoms with van der Waals surface area (Å²) >= 11 is 0. The lowest BCUT2D eigenvalue weighted by Crippen LogP contribution is -2.36. The number of carbonyl (C=O) groups is 1. The van der Waals surface area contributed by atoms with Crippen LogP contribution in [0.25, 0.3) is 10.9 Å². The Hall–Kier alpha value is -2.66. The number of carboxylic acids is 1. The molecule has 29 heavy (non-hydrogen) atoms. The second kappa shape index (κ2) is 8.37. The van der Waals surface area contributed by atoms with Crippen LogP contribution >= 0.6 is 0 Å². The zero-order valence-corrected chi connectivity index (χ0v) is 16.7. The lowest BCUT2D eigenvalue weighted by Gasteiger charge is -2.26. The van der Waals surface area contributed by atoms with E-state index in [2.05, 4.69) is 29.6 Å². The van der Waals surface area contributed by atoms with Crippen molar-refractivity contribution in [2.75, 3.05) is 6.54 Å². The fourth-order valence-electron chi connectivity index (χ4n) is 4.63. The Labute approximate surface area is 170 Å². The van der Waals surface area contributed by atoms with Gasteiger partial charge in [-0.2, -0.15) is 0 Å². The molecular formula is C24H27FN2O2. The molecule has 0 bridgehead atoms. The molecule has 3 aromatic rings. The molecule has 152 valence electrons. The standard InChI is InChI=1S/C24H27FN2O2/c1-2-21(24(28)29)27-22-10-8-17(25)14-19(22)20-15-18(9-11-23(20)27)26-13-12-16-6-4-3-5-7-16/h3-8,10,14,18,21,26H,2,9,11-13,15H2,1H3,(H,28,29)/t18-,21?/m0/s1. The van der Waals surface area contributed by atoms with Crippen LogP contribution in [0.1, 0.15) is 42.6 Å². The summed E-state index contributed by atoms with van der Waals surface area (Å²) < 4.78 is 15.9. The smallest absolute Gasteiger partial charge is 0.326 e. The fourth-order valence-corrected chi connectivity index (χ4v) is 4.63. The second-order valence-corrected chi connectivity index (χ2v) is 7.85. The Morgan fingerprint density at radius 3 is 2.79 bits per heavy atom. The maximum atomic E-state index is 14.0. The summed E-state index contributed by atoms with van der Waals surface area (Å²) in [5.41, 5.74) is 4.29. The van der Waals surface area contributed by atoms with Gasteiger partial charge in [0.15, 0.2) is 0 Å². The molecule has 1 heterocycles. The number of nitrogens with one attached hydrogen (secondary N) is 1. The molecule has 2 atom stereocenters. The van der Waals surface area contributed by atoms with Gasteiger partial charge in [0.1, 0.15) is 11.9 Å². The van der Waals surface area contributed by atoms with Crippen LogP contribution in [0, 0.1) is 5.82 Å². The Kier molecular flexibility index (Phi) is 5.67. The van der Waals surface area contributed by atoms with Crippen molar-refractivity contribution in [2.24, 2.45) is 0 Å². The van der Waals surface area contributed by atoms with Crippen molar-refractivity contribution in [3.63, 3.8) is 0 Å². The van der Waals surface area contributed by atoms with Crippen molar-refractivity contribution in [3.05, 3.63) is 71.2 Å². The third-order valence-electron chi connectivity index (χ3n) is 6.04. The van der Waals surface area contributed by atoms with Gasteiger partial charge in [-0.05, 0) is 68.0 Å². The van der Waals surface area contributed by atoms with Crippen LogP contribution in [0.4, 0.5) is 4.39 Å². The highest BCUT2D eigenvalue weighted by Crippen LogP contribution is 2.36. The van der Waals surface area contributed by atoms with Gasteiger partial charge in [0.25, 0.3) is 0 Å². The molecule has 0 spiro atoms. The molecule has 2 N–H and O–H groups in total. The van der Waals surface area contributed by atoms with E-state index in [1.54, 1.807) is 12.1 Å². The molecular weight excluding hydrogens is 367 g/mol. The summed E-state index contributed by atoms with van der Waals surface area (Å²) in [4.78, 5) is 11.9. The normalized spacial score (nSPS) is 17.2. The van der Waals surface area contributed by atoms with Gasteiger partial charge in [-0.25, -0.2) is 9.18 Å². The van der Waals surface area contributed by atoms with E-state index in [1.165, 1.54) is 11.6 Å². The molecule has 0 saturated heterocycles. The van der Waals surface area contributed by atoms with E-state index in [1.807, 2.05) is 17.6 Å². The number of nitrogens with zero attached hydrogens (tertiary/aromatic N) is 1. The topological polar surface area (TPSA) is 54.3 Å². The second-order valence-electron chi connectivity index (χ2n) is 7.85. The van der Waals surface area contributed by atoms with Crippen LogP contribution in [0.2, 0.25) is 0 Å². The van der Waals surface area contributed by atoms with Crippen molar-refractivity contribution >= 4 is 16.9 Å². The van der Waals surface area contributed by atoms with Crippen molar-refractivity contribution < 1.29 is 14.3 Å². The zero-order valence-electron chi connectivity index (χ0n) is 16.7. The van der Waals surface area contributed by atoms with Gasteiger partial charge in [0.2, 0.25) is 0 Å². The van der Waals surface area contributed by atoms with Crippen molar-refractivity contribution in [1.29, 1.82) is 0 Å². The number of rotatable bonds is 7. The highest BCUT2D eigenvalue weighted by Gasteiger charge is 2.30. The fraction of sp³-hybridized carbons (Fsp3) is 0.375. The molecule has 1 aromatic heterocycles. The zero-order chi connectivity index (χ0) is 20.4. The van der Waals surface area contributed by atoms with E-state index in [4.69, 9.17) is 0 Å². The highest BCUT2D eigenvalue weighted by atomic mass is 19.1. The molecule has 1 aliphatic carbocycles.